The molecule has 0 unspecified atom stereocenters. The number of hydrogen-bond donors (Lipinski definition) is 2. The first-order valence-electron chi connectivity index (χ1n) is 7.41. The lowest BCUT2D eigenvalue weighted by Gasteiger charge is -2.30. The smallest absolute Gasteiger partial charge is 0.238 e. The Bertz CT molecular complexity index is 491. The molecule has 0 saturated carbocycles. The van der Waals surface area contributed by atoms with Gasteiger partial charge in [0, 0.05) is 11.3 Å². The van der Waals surface area contributed by atoms with Crippen molar-refractivity contribution in [1.82, 2.24) is 4.90 Å². The Morgan fingerprint density at radius 3 is 2.38 bits per heavy atom. The van der Waals surface area contributed by atoms with E-state index in [1.807, 2.05) is 0 Å². The Morgan fingerprint density at radius 1 is 1.24 bits per heavy atom. The standard InChI is InChI=1S/C16H23N3O2/c1-12(20)14-2-4-15(5-3-14)18-16(21)11-19-8-6-13(10-17)7-9-19/h2-5,13H,6-11,17H2,1H3,(H,18,21). The first-order valence-corrected chi connectivity index (χ1v) is 7.41. The van der Waals surface area contributed by atoms with Crippen LogP contribution in [-0.4, -0.2) is 42.8 Å². The van der Waals surface area contributed by atoms with Crippen molar-refractivity contribution in [3.63, 3.8) is 0 Å². The second-order valence-corrected chi connectivity index (χ2v) is 5.64. The number of piperidine rings is 1. The quantitative estimate of drug-likeness (QED) is 0.805. The summed E-state index contributed by atoms with van der Waals surface area (Å²) in [6, 6.07) is 6.97. The fourth-order valence-electron chi connectivity index (χ4n) is 2.57. The van der Waals surface area contributed by atoms with Crippen LogP contribution in [0.3, 0.4) is 0 Å². The van der Waals surface area contributed by atoms with Crippen LogP contribution in [0.1, 0.15) is 30.1 Å². The molecule has 3 N–H and O–H groups in total. The molecule has 1 saturated heterocycles. The van der Waals surface area contributed by atoms with Crippen LogP contribution in [0, 0.1) is 5.92 Å². The normalized spacial score (nSPS) is 16.7. The molecule has 2 rings (SSSR count). The van der Waals surface area contributed by atoms with Gasteiger partial charge in [0.1, 0.15) is 0 Å². The number of nitrogens with one attached hydrogen (secondary N) is 1. The molecule has 1 aliphatic rings. The molecule has 1 fully saturated rings. The van der Waals surface area contributed by atoms with Crippen molar-refractivity contribution in [2.45, 2.75) is 19.8 Å². The summed E-state index contributed by atoms with van der Waals surface area (Å²) in [5, 5.41) is 2.86. The fraction of sp³-hybridized carbons (Fsp3) is 0.500. The Kier molecular flexibility index (Phi) is 5.47. The monoisotopic (exact) mass is 289 g/mol. The molecule has 5 nitrogen and oxygen atoms in total. The van der Waals surface area contributed by atoms with Crippen LogP contribution in [-0.2, 0) is 4.79 Å². The molecule has 0 bridgehead atoms. The Morgan fingerprint density at radius 2 is 1.86 bits per heavy atom. The van der Waals surface area contributed by atoms with Crippen molar-refractivity contribution >= 4 is 17.4 Å². The van der Waals surface area contributed by atoms with Crippen molar-refractivity contribution in [2.75, 3.05) is 31.5 Å². The van der Waals surface area contributed by atoms with Crippen LogP contribution < -0.4 is 11.1 Å². The van der Waals surface area contributed by atoms with Crippen molar-refractivity contribution in [3.05, 3.63) is 29.8 Å². The molecule has 21 heavy (non-hydrogen) atoms. The highest BCUT2D eigenvalue weighted by Crippen LogP contribution is 2.16. The van der Waals surface area contributed by atoms with Gasteiger partial charge < -0.3 is 11.1 Å². The van der Waals surface area contributed by atoms with E-state index in [2.05, 4.69) is 10.2 Å². The highest BCUT2D eigenvalue weighted by molar-refractivity contribution is 5.96. The number of likely N-dealkylation sites (tertiary alicyclic amines) is 1. The highest BCUT2D eigenvalue weighted by Gasteiger charge is 2.19. The molecule has 1 aromatic carbocycles. The van der Waals surface area contributed by atoms with E-state index in [0.29, 0.717) is 18.0 Å². The first kappa shape index (κ1) is 15.7. The zero-order valence-corrected chi connectivity index (χ0v) is 12.5. The minimum absolute atomic E-state index is 0.0169. The van der Waals surface area contributed by atoms with E-state index >= 15 is 0 Å². The summed E-state index contributed by atoms with van der Waals surface area (Å²) >= 11 is 0. The summed E-state index contributed by atoms with van der Waals surface area (Å²) in [5.74, 6) is 0.607. The molecular weight excluding hydrogens is 266 g/mol. The van der Waals surface area contributed by atoms with Gasteiger partial charge in [-0.1, -0.05) is 0 Å². The van der Waals surface area contributed by atoms with Crippen molar-refractivity contribution in [2.24, 2.45) is 11.7 Å². The number of rotatable bonds is 5. The lowest BCUT2D eigenvalue weighted by molar-refractivity contribution is -0.117. The summed E-state index contributed by atoms with van der Waals surface area (Å²) in [5.41, 5.74) is 7.04. The first-order chi connectivity index (χ1) is 10.1. The Labute approximate surface area is 125 Å². The van der Waals surface area contributed by atoms with Gasteiger partial charge in [-0.15, -0.1) is 0 Å². The third-order valence-electron chi connectivity index (χ3n) is 3.98. The minimum Gasteiger partial charge on any atom is -0.330 e. The highest BCUT2D eigenvalue weighted by atomic mass is 16.2. The second kappa shape index (κ2) is 7.33. The van der Waals surface area contributed by atoms with Crippen LogP contribution >= 0.6 is 0 Å². The molecule has 0 spiro atoms. The number of amides is 1. The molecule has 114 valence electrons. The number of anilines is 1. The molecule has 0 radical (unpaired) electrons. The van der Waals surface area contributed by atoms with Gasteiger partial charge >= 0.3 is 0 Å². The van der Waals surface area contributed by atoms with E-state index < -0.39 is 0 Å². The molecule has 0 atom stereocenters. The molecule has 5 heteroatoms. The second-order valence-electron chi connectivity index (χ2n) is 5.64. The number of nitrogens with zero attached hydrogens (tertiary/aromatic N) is 1. The largest absolute Gasteiger partial charge is 0.330 e. The molecule has 1 aromatic rings. The average Bonchev–Trinajstić information content (AvgIpc) is 2.48. The predicted octanol–water partition coefficient (Wildman–Crippen LogP) is 1.50. The lowest BCUT2D eigenvalue weighted by atomic mass is 9.97. The third-order valence-corrected chi connectivity index (χ3v) is 3.98. The van der Waals surface area contributed by atoms with E-state index in [0.717, 1.165) is 38.2 Å². The maximum absolute atomic E-state index is 12.0. The minimum atomic E-state index is -0.0169. The van der Waals surface area contributed by atoms with Gasteiger partial charge in [0.2, 0.25) is 5.91 Å². The van der Waals surface area contributed by atoms with Crippen LogP contribution in [0.25, 0.3) is 0 Å². The van der Waals surface area contributed by atoms with Crippen molar-refractivity contribution in [1.29, 1.82) is 0 Å². The summed E-state index contributed by atoms with van der Waals surface area (Å²) < 4.78 is 0. The topological polar surface area (TPSA) is 75.4 Å². The lowest BCUT2D eigenvalue weighted by Crippen LogP contribution is -2.40. The fourth-order valence-corrected chi connectivity index (χ4v) is 2.57. The van der Waals surface area contributed by atoms with Gasteiger partial charge in [0.15, 0.2) is 5.78 Å². The Hall–Kier alpha value is -1.72. The van der Waals surface area contributed by atoms with Crippen molar-refractivity contribution < 1.29 is 9.59 Å². The Balaban J connectivity index is 1.80. The summed E-state index contributed by atoms with van der Waals surface area (Å²) in [7, 11) is 0. The molecule has 1 aliphatic heterocycles. The number of nitrogens with two attached hydrogens (primary N) is 1. The van der Waals surface area contributed by atoms with Crippen molar-refractivity contribution in [3.8, 4) is 0 Å². The van der Waals surface area contributed by atoms with Gasteiger partial charge in [0.05, 0.1) is 6.54 Å². The van der Waals surface area contributed by atoms with Gasteiger partial charge in [-0.05, 0) is 69.6 Å². The summed E-state index contributed by atoms with van der Waals surface area (Å²) in [4.78, 5) is 25.4. The van der Waals surface area contributed by atoms with Gasteiger partial charge in [-0.3, -0.25) is 14.5 Å². The molecule has 0 aromatic heterocycles. The number of carbonyl (C=O) groups excluding carboxylic acids is 2. The number of hydrogen-bond acceptors (Lipinski definition) is 4. The number of benzene rings is 1. The molecule has 1 amide bonds. The average molecular weight is 289 g/mol. The third kappa shape index (κ3) is 4.65. The van der Waals surface area contributed by atoms with Crippen LogP contribution in [0.15, 0.2) is 24.3 Å². The maximum Gasteiger partial charge on any atom is 0.238 e. The van der Waals surface area contributed by atoms with Gasteiger partial charge in [0.25, 0.3) is 0 Å². The molecule has 1 heterocycles. The number of Topliss-reactive ketones (excluding diaryl/α,β-unsaturated/α-hetero) is 1. The SMILES string of the molecule is CC(=O)c1ccc(NC(=O)CN2CCC(CN)CC2)cc1. The van der Waals surface area contributed by atoms with E-state index in [1.165, 1.54) is 6.92 Å². The van der Waals surface area contributed by atoms with Gasteiger partial charge in [-0.25, -0.2) is 0 Å². The van der Waals surface area contributed by atoms with Crippen LogP contribution in [0.4, 0.5) is 5.69 Å². The van der Waals surface area contributed by atoms with E-state index in [9.17, 15) is 9.59 Å². The van der Waals surface area contributed by atoms with Crippen LogP contribution in [0.5, 0.6) is 0 Å². The zero-order valence-electron chi connectivity index (χ0n) is 12.5. The number of ketones is 1. The molecule has 0 aliphatic carbocycles. The number of carbonyl (C=O) groups is 2. The van der Waals surface area contributed by atoms with Crippen LogP contribution in [0.2, 0.25) is 0 Å². The summed E-state index contributed by atoms with van der Waals surface area (Å²) in [6.07, 6.45) is 2.13. The maximum atomic E-state index is 12.0. The van der Waals surface area contributed by atoms with E-state index in [1.54, 1.807) is 24.3 Å². The van der Waals surface area contributed by atoms with Gasteiger partial charge in [-0.2, -0.15) is 0 Å². The molecular formula is C16H23N3O2. The zero-order chi connectivity index (χ0) is 15.2. The van der Waals surface area contributed by atoms with E-state index in [4.69, 9.17) is 5.73 Å². The predicted molar refractivity (Wildman–Crippen MR) is 83.3 cm³/mol. The summed E-state index contributed by atoms with van der Waals surface area (Å²) in [6.45, 7) is 4.53. The van der Waals surface area contributed by atoms with E-state index in [-0.39, 0.29) is 11.7 Å².